The highest BCUT2D eigenvalue weighted by Gasteiger charge is 2.24. The first-order valence-electron chi connectivity index (χ1n) is 7.12. The molecule has 1 atom stereocenters. The second kappa shape index (κ2) is 6.24. The van der Waals surface area contributed by atoms with Gasteiger partial charge in [0.05, 0.1) is 5.69 Å². The molecule has 0 aromatic heterocycles. The number of nitrogen functional groups attached to an aromatic ring is 1. The summed E-state index contributed by atoms with van der Waals surface area (Å²) in [4.78, 5) is 4.54. The Hall–Kier alpha value is -1.29. The van der Waals surface area contributed by atoms with E-state index in [-0.39, 0.29) is 5.82 Å². The summed E-state index contributed by atoms with van der Waals surface area (Å²) in [7, 11) is 2.16. The maximum absolute atomic E-state index is 14.0. The van der Waals surface area contributed by atoms with Crippen LogP contribution >= 0.6 is 0 Å². The number of likely N-dealkylation sites (N-methyl/N-ethyl adjacent to an activating group) is 1. The smallest absolute Gasteiger partial charge is 0.148 e. The zero-order valence-electron chi connectivity index (χ0n) is 11.9. The Morgan fingerprint density at radius 1 is 1.47 bits per heavy atom. The van der Waals surface area contributed by atoms with Gasteiger partial charge in [0.2, 0.25) is 0 Å². The van der Waals surface area contributed by atoms with E-state index in [9.17, 15) is 4.39 Å². The molecule has 106 valence electrons. The molecule has 0 unspecified atom stereocenters. The lowest BCUT2D eigenvalue weighted by Crippen LogP contribution is -2.47. The van der Waals surface area contributed by atoms with Crippen LogP contribution in [0.25, 0.3) is 0 Å². The summed E-state index contributed by atoms with van der Waals surface area (Å²) in [5, 5.41) is 0. The van der Waals surface area contributed by atoms with Crippen molar-refractivity contribution in [1.82, 2.24) is 4.90 Å². The van der Waals surface area contributed by atoms with E-state index >= 15 is 0 Å². The van der Waals surface area contributed by atoms with E-state index in [1.807, 2.05) is 0 Å². The zero-order chi connectivity index (χ0) is 13.8. The Balaban J connectivity index is 2.08. The molecule has 0 saturated carbocycles. The molecule has 0 aliphatic carbocycles. The normalized spacial score (nSPS) is 20.0. The number of halogens is 1. The van der Waals surface area contributed by atoms with Crippen molar-refractivity contribution in [2.24, 2.45) is 0 Å². The number of anilines is 2. The first-order chi connectivity index (χ1) is 9.11. The zero-order valence-corrected chi connectivity index (χ0v) is 11.9. The van der Waals surface area contributed by atoms with Crippen LogP contribution in [-0.4, -0.2) is 37.6 Å². The second-order valence-corrected chi connectivity index (χ2v) is 5.43. The molecular weight excluding hydrogens is 241 g/mol. The quantitative estimate of drug-likeness (QED) is 0.850. The van der Waals surface area contributed by atoms with Gasteiger partial charge in [0.15, 0.2) is 0 Å². The van der Waals surface area contributed by atoms with Crippen molar-refractivity contribution in [2.75, 3.05) is 37.3 Å². The highest BCUT2D eigenvalue weighted by molar-refractivity contribution is 5.54. The van der Waals surface area contributed by atoms with Crippen LogP contribution in [0.2, 0.25) is 0 Å². The van der Waals surface area contributed by atoms with Gasteiger partial charge in [0, 0.05) is 24.8 Å². The summed E-state index contributed by atoms with van der Waals surface area (Å²) >= 11 is 0. The van der Waals surface area contributed by atoms with E-state index in [2.05, 4.69) is 23.8 Å². The third-order valence-corrected chi connectivity index (χ3v) is 3.91. The summed E-state index contributed by atoms with van der Waals surface area (Å²) < 4.78 is 14.0. The molecule has 0 amide bonds. The number of rotatable bonds is 4. The molecule has 1 aliphatic heterocycles. The third-order valence-electron chi connectivity index (χ3n) is 3.91. The van der Waals surface area contributed by atoms with E-state index in [1.54, 1.807) is 12.1 Å². The summed E-state index contributed by atoms with van der Waals surface area (Å²) in [5.41, 5.74) is 6.77. The molecule has 1 aliphatic rings. The summed E-state index contributed by atoms with van der Waals surface area (Å²) in [6.45, 7) is 5.12. The van der Waals surface area contributed by atoms with E-state index in [0.717, 1.165) is 32.5 Å². The number of benzene rings is 1. The lowest BCUT2D eigenvalue weighted by Gasteiger charge is -2.39. The fourth-order valence-electron chi connectivity index (χ4n) is 2.85. The number of hydrogen-bond donors (Lipinski definition) is 1. The lowest BCUT2D eigenvalue weighted by atomic mass is 10.0. The third kappa shape index (κ3) is 3.38. The van der Waals surface area contributed by atoms with Gasteiger partial charge in [-0.3, -0.25) is 0 Å². The Kier molecular flexibility index (Phi) is 4.64. The van der Waals surface area contributed by atoms with E-state index < -0.39 is 0 Å². The topological polar surface area (TPSA) is 32.5 Å². The molecule has 2 N–H and O–H groups in total. The van der Waals surface area contributed by atoms with Gasteiger partial charge in [0.1, 0.15) is 5.82 Å². The van der Waals surface area contributed by atoms with Crippen LogP contribution in [-0.2, 0) is 0 Å². The van der Waals surface area contributed by atoms with Crippen LogP contribution < -0.4 is 10.6 Å². The molecule has 3 nitrogen and oxygen atoms in total. The molecule has 1 saturated heterocycles. The number of piperidine rings is 1. The number of nitrogens with zero attached hydrogens (tertiary/aromatic N) is 2. The highest BCUT2D eigenvalue weighted by Crippen LogP contribution is 2.26. The predicted molar refractivity (Wildman–Crippen MR) is 79.0 cm³/mol. The monoisotopic (exact) mass is 265 g/mol. The van der Waals surface area contributed by atoms with E-state index in [0.29, 0.717) is 17.4 Å². The van der Waals surface area contributed by atoms with Crippen molar-refractivity contribution in [2.45, 2.75) is 32.2 Å². The standard InChI is InChI=1S/C15H24FN3/c1-3-8-18(2)13-5-4-9-19(11-13)15-7-6-12(17)10-14(15)16/h6-7,10,13H,3-5,8-9,11,17H2,1-2H3/t13-/m0/s1. The molecule has 1 aromatic carbocycles. The highest BCUT2D eigenvalue weighted by atomic mass is 19.1. The fraction of sp³-hybridized carbons (Fsp3) is 0.600. The van der Waals surface area contributed by atoms with Gasteiger partial charge < -0.3 is 15.5 Å². The van der Waals surface area contributed by atoms with E-state index in [4.69, 9.17) is 5.73 Å². The molecule has 0 spiro atoms. The van der Waals surface area contributed by atoms with Gasteiger partial charge >= 0.3 is 0 Å². The molecule has 1 aromatic rings. The van der Waals surface area contributed by atoms with E-state index in [1.165, 1.54) is 12.5 Å². The maximum atomic E-state index is 14.0. The van der Waals surface area contributed by atoms with Crippen molar-refractivity contribution in [3.05, 3.63) is 24.0 Å². The Morgan fingerprint density at radius 3 is 2.95 bits per heavy atom. The largest absolute Gasteiger partial charge is 0.399 e. The fourth-order valence-corrected chi connectivity index (χ4v) is 2.85. The number of nitrogens with two attached hydrogens (primary N) is 1. The summed E-state index contributed by atoms with van der Waals surface area (Å²) in [6.07, 6.45) is 3.47. The van der Waals surface area contributed by atoms with Crippen molar-refractivity contribution in [1.29, 1.82) is 0 Å². The molecule has 1 heterocycles. The minimum Gasteiger partial charge on any atom is -0.399 e. The van der Waals surface area contributed by atoms with Crippen LogP contribution in [0.1, 0.15) is 26.2 Å². The molecule has 0 bridgehead atoms. The average Bonchev–Trinajstić information content (AvgIpc) is 2.39. The summed E-state index contributed by atoms with van der Waals surface area (Å²) in [6, 6.07) is 5.50. The first-order valence-corrected chi connectivity index (χ1v) is 7.12. The van der Waals surface area contributed by atoms with Gasteiger partial charge in [-0.05, 0) is 51.1 Å². The van der Waals surface area contributed by atoms with Gasteiger partial charge in [0.25, 0.3) is 0 Å². The SMILES string of the molecule is CCCN(C)[C@H]1CCCN(c2ccc(N)cc2F)C1. The Labute approximate surface area is 115 Å². The van der Waals surface area contributed by atoms with Crippen LogP contribution in [0.15, 0.2) is 18.2 Å². The van der Waals surface area contributed by atoms with Gasteiger partial charge in [-0.25, -0.2) is 4.39 Å². The molecule has 4 heteroatoms. The predicted octanol–water partition coefficient (Wildman–Crippen LogP) is 2.72. The Morgan fingerprint density at radius 2 is 2.26 bits per heavy atom. The van der Waals surface area contributed by atoms with Crippen LogP contribution in [0.4, 0.5) is 15.8 Å². The van der Waals surface area contributed by atoms with Gasteiger partial charge in [-0.1, -0.05) is 6.92 Å². The van der Waals surface area contributed by atoms with Crippen LogP contribution in [0, 0.1) is 5.82 Å². The van der Waals surface area contributed by atoms with Gasteiger partial charge in [-0.15, -0.1) is 0 Å². The first kappa shape index (κ1) is 14.1. The van der Waals surface area contributed by atoms with Crippen molar-refractivity contribution in [3.8, 4) is 0 Å². The Bertz CT molecular complexity index is 422. The molecule has 19 heavy (non-hydrogen) atoms. The van der Waals surface area contributed by atoms with Crippen LogP contribution in [0.3, 0.4) is 0 Å². The minimum atomic E-state index is -0.209. The summed E-state index contributed by atoms with van der Waals surface area (Å²) in [5.74, 6) is -0.209. The van der Waals surface area contributed by atoms with Crippen molar-refractivity contribution in [3.63, 3.8) is 0 Å². The maximum Gasteiger partial charge on any atom is 0.148 e. The lowest BCUT2D eigenvalue weighted by molar-refractivity contribution is 0.215. The molecular formula is C15H24FN3. The molecule has 0 radical (unpaired) electrons. The minimum absolute atomic E-state index is 0.209. The molecule has 1 fully saturated rings. The van der Waals surface area contributed by atoms with Crippen molar-refractivity contribution < 1.29 is 4.39 Å². The number of hydrogen-bond acceptors (Lipinski definition) is 3. The molecule has 2 rings (SSSR count). The second-order valence-electron chi connectivity index (χ2n) is 5.43. The average molecular weight is 265 g/mol. The van der Waals surface area contributed by atoms with Gasteiger partial charge in [-0.2, -0.15) is 0 Å². The van der Waals surface area contributed by atoms with Crippen molar-refractivity contribution >= 4 is 11.4 Å². The van der Waals surface area contributed by atoms with Crippen LogP contribution in [0.5, 0.6) is 0 Å².